The fourth-order valence-electron chi connectivity index (χ4n) is 3.59. The summed E-state index contributed by atoms with van der Waals surface area (Å²) in [5, 5.41) is 25.3. The summed E-state index contributed by atoms with van der Waals surface area (Å²) < 4.78 is 31.8. The van der Waals surface area contributed by atoms with Gasteiger partial charge in [0.25, 0.3) is 0 Å². The van der Waals surface area contributed by atoms with Gasteiger partial charge in [0.1, 0.15) is 18.1 Å². The Balaban J connectivity index is 1.30. The molecule has 33 heavy (non-hydrogen) atoms. The number of anilines is 1. The van der Waals surface area contributed by atoms with Crippen LogP contribution in [0.1, 0.15) is 11.7 Å². The maximum absolute atomic E-state index is 11.5. The highest BCUT2D eigenvalue weighted by atomic mass is 79.9. The Morgan fingerprint density at radius 3 is 2.55 bits per heavy atom. The molecule has 1 aromatic heterocycles. The standard InChI is InChI=1S/C23H24BrN3O5S/c1-33(30,31)27-22-10-14(2-7-19(22)24)23(29)13-25-8-9-32-16-4-6-18-17-5-3-15(28)11-20(17)26-21(18)12-16/h2-7,10-12,23,25-29H,8-9,13H2,1H3/t23-/m1/s1. The Morgan fingerprint density at radius 2 is 1.79 bits per heavy atom. The normalized spacial score (nSPS) is 12.8. The molecule has 0 aliphatic rings. The van der Waals surface area contributed by atoms with Gasteiger partial charge in [-0.2, -0.15) is 0 Å². The van der Waals surface area contributed by atoms with E-state index in [2.05, 4.69) is 31.0 Å². The van der Waals surface area contributed by atoms with Crippen LogP contribution < -0.4 is 14.8 Å². The van der Waals surface area contributed by atoms with Crippen molar-refractivity contribution in [3.63, 3.8) is 0 Å². The van der Waals surface area contributed by atoms with Crippen LogP contribution in [-0.2, 0) is 10.0 Å². The van der Waals surface area contributed by atoms with E-state index in [9.17, 15) is 18.6 Å². The summed E-state index contributed by atoms with van der Waals surface area (Å²) in [4.78, 5) is 3.28. The summed E-state index contributed by atoms with van der Waals surface area (Å²) in [6, 6.07) is 16.1. The minimum atomic E-state index is -3.42. The molecular formula is C23H24BrN3O5S. The highest BCUT2D eigenvalue weighted by Gasteiger charge is 2.12. The van der Waals surface area contributed by atoms with Crippen LogP contribution in [0.3, 0.4) is 0 Å². The van der Waals surface area contributed by atoms with E-state index < -0.39 is 16.1 Å². The predicted molar refractivity (Wildman–Crippen MR) is 133 cm³/mol. The molecule has 0 saturated carbocycles. The van der Waals surface area contributed by atoms with E-state index in [1.807, 2.05) is 24.3 Å². The Bertz CT molecular complexity index is 1400. The smallest absolute Gasteiger partial charge is 0.229 e. The summed E-state index contributed by atoms with van der Waals surface area (Å²) in [7, 11) is -3.42. The van der Waals surface area contributed by atoms with Crippen molar-refractivity contribution in [3.8, 4) is 11.5 Å². The van der Waals surface area contributed by atoms with E-state index in [0.717, 1.165) is 28.1 Å². The first-order valence-corrected chi connectivity index (χ1v) is 12.9. The summed E-state index contributed by atoms with van der Waals surface area (Å²) >= 11 is 3.30. The van der Waals surface area contributed by atoms with Crippen molar-refractivity contribution in [1.82, 2.24) is 10.3 Å². The Labute approximate surface area is 199 Å². The molecule has 1 heterocycles. The third-order valence-electron chi connectivity index (χ3n) is 5.11. The van der Waals surface area contributed by atoms with Gasteiger partial charge in [0.2, 0.25) is 10.0 Å². The van der Waals surface area contributed by atoms with Crippen molar-refractivity contribution < 1.29 is 23.4 Å². The van der Waals surface area contributed by atoms with Gasteiger partial charge in [-0.15, -0.1) is 0 Å². The van der Waals surface area contributed by atoms with Gasteiger partial charge in [-0.05, 0) is 57.9 Å². The Morgan fingerprint density at radius 1 is 1.06 bits per heavy atom. The fourth-order valence-corrected chi connectivity index (χ4v) is 4.64. The largest absolute Gasteiger partial charge is 0.508 e. The number of aromatic hydroxyl groups is 1. The molecule has 0 amide bonds. The number of hydrogen-bond donors (Lipinski definition) is 5. The van der Waals surface area contributed by atoms with Gasteiger partial charge in [0.05, 0.1) is 29.1 Å². The lowest BCUT2D eigenvalue weighted by Crippen LogP contribution is -2.26. The van der Waals surface area contributed by atoms with E-state index in [1.165, 1.54) is 0 Å². The van der Waals surface area contributed by atoms with Crippen molar-refractivity contribution in [2.75, 3.05) is 30.7 Å². The van der Waals surface area contributed by atoms with Crippen LogP contribution in [0.2, 0.25) is 0 Å². The lowest BCUT2D eigenvalue weighted by atomic mass is 10.1. The third kappa shape index (κ3) is 5.77. The molecule has 0 spiro atoms. The number of aromatic nitrogens is 1. The molecule has 0 radical (unpaired) electrons. The van der Waals surface area contributed by atoms with Crippen LogP contribution in [0.5, 0.6) is 11.5 Å². The van der Waals surface area contributed by atoms with E-state index in [1.54, 1.807) is 30.3 Å². The molecule has 0 unspecified atom stereocenters. The summed E-state index contributed by atoms with van der Waals surface area (Å²) in [6.45, 7) is 1.20. The molecular weight excluding hydrogens is 510 g/mol. The molecule has 3 aromatic carbocycles. The number of aliphatic hydroxyl groups excluding tert-OH is 1. The quantitative estimate of drug-likeness (QED) is 0.208. The van der Waals surface area contributed by atoms with Gasteiger partial charge >= 0.3 is 0 Å². The molecule has 0 fully saturated rings. The topological polar surface area (TPSA) is 124 Å². The molecule has 0 saturated heterocycles. The van der Waals surface area contributed by atoms with E-state index in [-0.39, 0.29) is 12.3 Å². The Hall–Kier alpha value is -2.79. The first kappa shape index (κ1) is 23.4. The third-order valence-corrected chi connectivity index (χ3v) is 6.39. The number of H-pyrrole nitrogens is 1. The van der Waals surface area contributed by atoms with E-state index in [4.69, 9.17) is 4.74 Å². The van der Waals surface area contributed by atoms with Crippen LogP contribution in [0.4, 0.5) is 5.69 Å². The number of aliphatic hydroxyl groups is 1. The summed E-state index contributed by atoms with van der Waals surface area (Å²) in [5.74, 6) is 0.926. The highest BCUT2D eigenvalue weighted by Crippen LogP contribution is 2.30. The van der Waals surface area contributed by atoms with Crippen LogP contribution in [0.25, 0.3) is 21.8 Å². The minimum Gasteiger partial charge on any atom is -0.508 e. The van der Waals surface area contributed by atoms with Crippen LogP contribution in [0, 0.1) is 0 Å². The van der Waals surface area contributed by atoms with Gasteiger partial charge in [-0.3, -0.25) is 4.72 Å². The number of aromatic amines is 1. The number of nitrogens with one attached hydrogen (secondary N) is 3. The number of phenols is 1. The first-order valence-electron chi connectivity index (χ1n) is 10.2. The number of halogens is 1. The van der Waals surface area contributed by atoms with Crippen molar-refractivity contribution in [2.45, 2.75) is 6.10 Å². The number of sulfonamides is 1. The Kier molecular flexibility index (Phi) is 6.80. The zero-order chi connectivity index (χ0) is 23.6. The van der Waals surface area contributed by atoms with Gasteiger partial charge < -0.3 is 25.3 Å². The lowest BCUT2D eigenvalue weighted by molar-refractivity contribution is 0.172. The number of phenolic OH excluding ortho intramolecular Hbond substituents is 1. The second kappa shape index (κ2) is 9.60. The van der Waals surface area contributed by atoms with Gasteiger partial charge in [-0.25, -0.2) is 8.42 Å². The highest BCUT2D eigenvalue weighted by molar-refractivity contribution is 9.10. The maximum atomic E-state index is 11.5. The second-order valence-corrected chi connectivity index (χ2v) is 10.3. The van der Waals surface area contributed by atoms with E-state index in [0.29, 0.717) is 34.6 Å². The van der Waals surface area contributed by atoms with Gasteiger partial charge in [-0.1, -0.05) is 6.07 Å². The van der Waals surface area contributed by atoms with Crippen LogP contribution in [0.15, 0.2) is 59.1 Å². The molecule has 8 nitrogen and oxygen atoms in total. The summed E-state index contributed by atoms with van der Waals surface area (Å²) in [5.41, 5.74) is 2.75. The summed E-state index contributed by atoms with van der Waals surface area (Å²) in [6.07, 6.45) is 0.266. The second-order valence-electron chi connectivity index (χ2n) is 7.74. The molecule has 4 rings (SSSR count). The predicted octanol–water partition coefficient (Wildman–Crippen LogP) is 3.86. The van der Waals surface area contributed by atoms with Gasteiger partial charge in [0, 0.05) is 40.5 Å². The van der Waals surface area contributed by atoms with Crippen LogP contribution in [-0.4, -0.2) is 49.6 Å². The average molecular weight is 534 g/mol. The first-order chi connectivity index (χ1) is 15.7. The maximum Gasteiger partial charge on any atom is 0.229 e. The monoisotopic (exact) mass is 533 g/mol. The number of fused-ring (bicyclic) bond motifs is 3. The van der Waals surface area contributed by atoms with Crippen LogP contribution >= 0.6 is 15.9 Å². The molecule has 5 N–H and O–H groups in total. The van der Waals surface area contributed by atoms with Crippen molar-refractivity contribution >= 4 is 53.4 Å². The van der Waals surface area contributed by atoms with Crippen molar-refractivity contribution in [2.24, 2.45) is 0 Å². The molecule has 1 atom stereocenters. The molecule has 0 aliphatic heterocycles. The SMILES string of the molecule is CS(=O)(=O)Nc1cc([C@H](O)CNCCOc2ccc3c(c2)[nH]c2cc(O)ccc23)ccc1Br. The number of benzene rings is 3. The van der Waals surface area contributed by atoms with Crippen molar-refractivity contribution in [1.29, 1.82) is 0 Å². The number of hydrogen-bond acceptors (Lipinski definition) is 6. The van der Waals surface area contributed by atoms with Crippen molar-refractivity contribution in [3.05, 3.63) is 64.6 Å². The lowest BCUT2D eigenvalue weighted by Gasteiger charge is -2.15. The zero-order valence-electron chi connectivity index (χ0n) is 17.8. The number of ether oxygens (including phenoxy) is 1. The molecule has 4 aromatic rings. The molecule has 0 bridgehead atoms. The average Bonchev–Trinajstić information content (AvgIpc) is 3.10. The molecule has 0 aliphatic carbocycles. The fraction of sp³-hybridized carbons (Fsp3) is 0.217. The van der Waals surface area contributed by atoms with E-state index >= 15 is 0 Å². The zero-order valence-corrected chi connectivity index (χ0v) is 20.2. The minimum absolute atomic E-state index is 0.213. The molecule has 10 heteroatoms. The van der Waals surface area contributed by atoms with Gasteiger partial charge in [0.15, 0.2) is 0 Å². The number of rotatable bonds is 9. The molecule has 174 valence electrons.